The molecular formula is C14H16FN5O. The van der Waals surface area contributed by atoms with E-state index in [-0.39, 0.29) is 17.4 Å². The van der Waals surface area contributed by atoms with Gasteiger partial charge in [0.2, 0.25) is 0 Å². The first-order chi connectivity index (χ1) is 10.1. The number of benzene rings is 1. The second kappa shape index (κ2) is 6.76. The van der Waals surface area contributed by atoms with Crippen LogP contribution in [0.4, 0.5) is 10.2 Å². The number of nitrogen functional groups attached to an aromatic ring is 1. The molecule has 1 aromatic heterocycles. The van der Waals surface area contributed by atoms with Gasteiger partial charge in [-0.15, -0.1) is 0 Å². The summed E-state index contributed by atoms with van der Waals surface area (Å²) in [5.41, 5.74) is 4.40. The first kappa shape index (κ1) is 14.9. The summed E-state index contributed by atoms with van der Waals surface area (Å²) in [5.74, 6) is 4.97. The zero-order valence-electron chi connectivity index (χ0n) is 11.6. The summed E-state index contributed by atoms with van der Waals surface area (Å²) in [4.78, 5) is 19.7. The van der Waals surface area contributed by atoms with Crippen molar-refractivity contribution in [2.75, 3.05) is 12.0 Å². The van der Waals surface area contributed by atoms with Gasteiger partial charge in [-0.05, 0) is 36.6 Å². The van der Waals surface area contributed by atoms with E-state index in [4.69, 9.17) is 5.84 Å². The van der Waals surface area contributed by atoms with Gasteiger partial charge >= 0.3 is 0 Å². The SMILES string of the molecule is Cc1cc(F)ccc1CCNC(=O)c1cnc(NN)cn1. The predicted octanol–water partition coefficient (Wildman–Crippen LogP) is 1.18. The smallest absolute Gasteiger partial charge is 0.271 e. The molecule has 0 aliphatic carbocycles. The number of hydrazine groups is 1. The second-order valence-corrected chi connectivity index (χ2v) is 4.51. The number of hydrogen-bond acceptors (Lipinski definition) is 5. The highest BCUT2D eigenvalue weighted by molar-refractivity contribution is 5.91. The number of nitrogens with two attached hydrogens (primary N) is 1. The number of nitrogens with zero attached hydrogens (tertiary/aromatic N) is 2. The van der Waals surface area contributed by atoms with Crippen LogP contribution >= 0.6 is 0 Å². The summed E-state index contributed by atoms with van der Waals surface area (Å²) < 4.78 is 13.0. The van der Waals surface area contributed by atoms with E-state index in [0.717, 1.165) is 11.1 Å². The van der Waals surface area contributed by atoms with E-state index in [1.165, 1.54) is 24.5 Å². The van der Waals surface area contributed by atoms with E-state index in [1.54, 1.807) is 6.07 Å². The van der Waals surface area contributed by atoms with Gasteiger partial charge in [-0.1, -0.05) is 6.07 Å². The molecule has 1 heterocycles. The lowest BCUT2D eigenvalue weighted by molar-refractivity contribution is 0.0949. The lowest BCUT2D eigenvalue weighted by Gasteiger charge is -2.07. The summed E-state index contributed by atoms with van der Waals surface area (Å²) in [6.45, 7) is 2.27. The predicted molar refractivity (Wildman–Crippen MR) is 77.0 cm³/mol. The largest absolute Gasteiger partial charge is 0.350 e. The fourth-order valence-electron chi connectivity index (χ4n) is 1.86. The minimum absolute atomic E-state index is 0.213. The van der Waals surface area contributed by atoms with Crippen LogP contribution in [0.3, 0.4) is 0 Å². The highest BCUT2D eigenvalue weighted by Crippen LogP contribution is 2.10. The number of carbonyl (C=O) groups excluding carboxylic acids is 1. The normalized spacial score (nSPS) is 10.2. The number of halogens is 1. The monoisotopic (exact) mass is 289 g/mol. The maximum absolute atomic E-state index is 13.0. The molecule has 0 saturated heterocycles. The van der Waals surface area contributed by atoms with Gasteiger partial charge in [0.1, 0.15) is 11.5 Å². The molecular weight excluding hydrogens is 273 g/mol. The minimum Gasteiger partial charge on any atom is -0.350 e. The van der Waals surface area contributed by atoms with Crippen LogP contribution in [-0.2, 0) is 6.42 Å². The Morgan fingerprint density at radius 1 is 1.33 bits per heavy atom. The zero-order valence-corrected chi connectivity index (χ0v) is 11.6. The number of nitrogens with one attached hydrogen (secondary N) is 2. The van der Waals surface area contributed by atoms with Gasteiger partial charge in [-0.2, -0.15) is 0 Å². The molecule has 1 amide bonds. The number of aromatic nitrogens is 2. The first-order valence-corrected chi connectivity index (χ1v) is 6.42. The Labute approximate surface area is 121 Å². The fraction of sp³-hybridized carbons (Fsp3) is 0.214. The maximum Gasteiger partial charge on any atom is 0.271 e. The molecule has 4 N–H and O–H groups in total. The molecule has 0 bridgehead atoms. The number of amides is 1. The summed E-state index contributed by atoms with van der Waals surface area (Å²) in [7, 11) is 0. The third-order valence-electron chi connectivity index (χ3n) is 3.02. The van der Waals surface area contributed by atoms with Crippen LogP contribution < -0.4 is 16.6 Å². The van der Waals surface area contributed by atoms with Crippen LogP contribution in [0.2, 0.25) is 0 Å². The van der Waals surface area contributed by atoms with Crippen LogP contribution in [-0.4, -0.2) is 22.4 Å². The van der Waals surface area contributed by atoms with E-state index in [9.17, 15) is 9.18 Å². The van der Waals surface area contributed by atoms with Crippen molar-refractivity contribution in [1.29, 1.82) is 0 Å². The Morgan fingerprint density at radius 2 is 2.14 bits per heavy atom. The quantitative estimate of drug-likeness (QED) is 0.568. The average Bonchev–Trinajstić information content (AvgIpc) is 2.49. The van der Waals surface area contributed by atoms with Crippen LogP contribution in [0.15, 0.2) is 30.6 Å². The van der Waals surface area contributed by atoms with E-state index in [0.29, 0.717) is 18.8 Å². The van der Waals surface area contributed by atoms with E-state index >= 15 is 0 Å². The highest BCUT2D eigenvalue weighted by atomic mass is 19.1. The van der Waals surface area contributed by atoms with Crippen molar-refractivity contribution in [3.63, 3.8) is 0 Å². The molecule has 6 nitrogen and oxygen atoms in total. The van der Waals surface area contributed by atoms with E-state index in [1.807, 2.05) is 6.92 Å². The number of anilines is 1. The molecule has 21 heavy (non-hydrogen) atoms. The Kier molecular flexibility index (Phi) is 4.78. The van der Waals surface area contributed by atoms with Crippen molar-refractivity contribution in [3.8, 4) is 0 Å². The summed E-state index contributed by atoms with van der Waals surface area (Å²) in [5, 5.41) is 2.74. The summed E-state index contributed by atoms with van der Waals surface area (Å²) >= 11 is 0. The molecule has 0 fully saturated rings. The third-order valence-corrected chi connectivity index (χ3v) is 3.02. The molecule has 1 aromatic carbocycles. The number of aryl methyl sites for hydroxylation is 1. The molecule has 0 unspecified atom stereocenters. The van der Waals surface area contributed by atoms with Gasteiger partial charge in [0, 0.05) is 6.54 Å². The number of hydrogen-bond donors (Lipinski definition) is 3. The lowest BCUT2D eigenvalue weighted by Crippen LogP contribution is -2.27. The molecule has 2 rings (SSSR count). The molecule has 2 aromatic rings. The Bertz CT molecular complexity index is 630. The van der Waals surface area contributed by atoms with Gasteiger partial charge in [-0.3, -0.25) is 4.79 Å². The lowest BCUT2D eigenvalue weighted by atomic mass is 10.1. The van der Waals surface area contributed by atoms with E-state index < -0.39 is 0 Å². The van der Waals surface area contributed by atoms with Crippen molar-refractivity contribution in [2.45, 2.75) is 13.3 Å². The van der Waals surface area contributed by atoms with Gasteiger partial charge in [0.05, 0.1) is 12.4 Å². The van der Waals surface area contributed by atoms with Crippen molar-refractivity contribution in [1.82, 2.24) is 15.3 Å². The number of carbonyl (C=O) groups is 1. The standard InChI is InChI=1S/C14H16FN5O/c1-9-6-11(15)3-2-10(9)4-5-17-14(21)12-7-19-13(20-16)8-18-12/h2-3,6-8H,4-5,16H2,1H3,(H,17,21)(H,19,20). The Hall–Kier alpha value is -2.54. The molecule has 110 valence electrons. The van der Waals surface area contributed by atoms with Crippen molar-refractivity contribution in [2.24, 2.45) is 5.84 Å². The van der Waals surface area contributed by atoms with Crippen LogP contribution in [0, 0.1) is 12.7 Å². The number of rotatable bonds is 5. The third kappa shape index (κ3) is 3.96. The van der Waals surface area contributed by atoms with Gasteiger partial charge in [0.15, 0.2) is 5.82 Å². The molecule has 0 radical (unpaired) electrons. The summed E-state index contributed by atoms with van der Waals surface area (Å²) in [6, 6.07) is 4.60. The van der Waals surface area contributed by atoms with Crippen LogP contribution in [0.1, 0.15) is 21.6 Å². The Balaban J connectivity index is 1.88. The highest BCUT2D eigenvalue weighted by Gasteiger charge is 2.08. The second-order valence-electron chi connectivity index (χ2n) is 4.51. The minimum atomic E-state index is -0.314. The molecule has 0 spiro atoms. The fourth-order valence-corrected chi connectivity index (χ4v) is 1.86. The zero-order chi connectivity index (χ0) is 15.2. The topological polar surface area (TPSA) is 92.9 Å². The summed E-state index contributed by atoms with van der Waals surface area (Å²) in [6.07, 6.45) is 3.33. The van der Waals surface area contributed by atoms with Crippen molar-refractivity contribution in [3.05, 3.63) is 53.2 Å². The molecule has 0 aliphatic rings. The van der Waals surface area contributed by atoms with Crippen molar-refractivity contribution < 1.29 is 9.18 Å². The molecule has 0 atom stereocenters. The average molecular weight is 289 g/mol. The van der Waals surface area contributed by atoms with Gasteiger partial charge < -0.3 is 10.7 Å². The van der Waals surface area contributed by atoms with E-state index in [2.05, 4.69) is 20.7 Å². The van der Waals surface area contributed by atoms with Gasteiger partial charge in [0.25, 0.3) is 5.91 Å². The Morgan fingerprint density at radius 3 is 2.76 bits per heavy atom. The van der Waals surface area contributed by atoms with Crippen LogP contribution in [0.25, 0.3) is 0 Å². The van der Waals surface area contributed by atoms with Crippen LogP contribution in [0.5, 0.6) is 0 Å². The maximum atomic E-state index is 13.0. The van der Waals surface area contributed by atoms with Gasteiger partial charge in [-0.25, -0.2) is 20.2 Å². The van der Waals surface area contributed by atoms with Crippen molar-refractivity contribution >= 4 is 11.7 Å². The molecule has 0 saturated carbocycles. The molecule has 7 heteroatoms. The first-order valence-electron chi connectivity index (χ1n) is 6.42. The molecule has 0 aliphatic heterocycles.